The summed E-state index contributed by atoms with van der Waals surface area (Å²) in [6.07, 6.45) is 3.57. The summed E-state index contributed by atoms with van der Waals surface area (Å²) in [5.74, 6) is -0.225. The Morgan fingerprint density at radius 2 is 1.94 bits per heavy atom. The van der Waals surface area contributed by atoms with Gasteiger partial charge < -0.3 is 10.0 Å². The van der Waals surface area contributed by atoms with Crippen molar-refractivity contribution in [1.29, 1.82) is 0 Å². The summed E-state index contributed by atoms with van der Waals surface area (Å²) < 4.78 is 0. The van der Waals surface area contributed by atoms with Crippen LogP contribution in [0, 0.1) is 17.3 Å². The van der Waals surface area contributed by atoms with Gasteiger partial charge in [0.05, 0.1) is 0 Å². The number of likely N-dealkylation sites (tertiary alicyclic amines) is 1. The van der Waals surface area contributed by atoms with E-state index in [1.807, 2.05) is 20.8 Å². The first-order valence-electron chi connectivity index (χ1n) is 6.82. The number of amides is 1. The van der Waals surface area contributed by atoms with Crippen LogP contribution in [-0.2, 0) is 9.59 Å². The van der Waals surface area contributed by atoms with Crippen LogP contribution in [0.2, 0.25) is 0 Å². The Balaban J connectivity index is 2.12. The van der Waals surface area contributed by atoms with Crippen molar-refractivity contribution in [1.82, 2.24) is 4.90 Å². The monoisotopic (exact) mass is 253 g/mol. The Bertz CT molecular complexity index is 359. The number of nitrogens with zero attached hydrogens (tertiary/aromatic N) is 1. The predicted octanol–water partition coefficient (Wildman–Crippen LogP) is 2.13. The number of fused-ring (bicyclic) bond motifs is 1. The lowest BCUT2D eigenvalue weighted by Gasteiger charge is -2.27. The Labute approximate surface area is 108 Å². The first-order valence-corrected chi connectivity index (χ1v) is 6.82. The SMILES string of the molecule is CC(C)(C)CC(=O)N1CC2CCCC2C1C(=O)O. The molecule has 1 saturated heterocycles. The number of carboxylic acids is 1. The van der Waals surface area contributed by atoms with Crippen LogP contribution in [0.1, 0.15) is 46.5 Å². The van der Waals surface area contributed by atoms with Crippen molar-refractivity contribution < 1.29 is 14.7 Å². The van der Waals surface area contributed by atoms with E-state index in [1.54, 1.807) is 4.90 Å². The van der Waals surface area contributed by atoms with E-state index >= 15 is 0 Å². The maximum atomic E-state index is 12.3. The lowest BCUT2D eigenvalue weighted by Crippen LogP contribution is -2.44. The quantitative estimate of drug-likeness (QED) is 0.820. The van der Waals surface area contributed by atoms with Gasteiger partial charge in [-0.1, -0.05) is 27.2 Å². The normalized spacial score (nSPS) is 31.5. The third-order valence-electron chi connectivity index (χ3n) is 4.15. The Hall–Kier alpha value is -1.06. The summed E-state index contributed by atoms with van der Waals surface area (Å²) >= 11 is 0. The molecule has 0 aromatic carbocycles. The van der Waals surface area contributed by atoms with Crippen LogP contribution in [0.25, 0.3) is 0 Å². The second kappa shape index (κ2) is 4.56. The molecular formula is C14H23NO3. The molecule has 1 saturated carbocycles. The number of hydrogen-bond acceptors (Lipinski definition) is 2. The fourth-order valence-electron chi connectivity index (χ4n) is 3.43. The van der Waals surface area contributed by atoms with E-state index in [0.717, 1.165) is 19.3 Å². The van der Waals surface area contributed by atoms with E-state index in [2.05, 4.69) is 0 Å². The van der Waals surface area contributed by atoms with E-state index in [0.29, 0.717) is 18.9 Å². The molecule has 0 aromatic heterocycles. The van der Waals surface area contributed by atoms with Crippen LogP contribution in [0.5, 0.6) is 0 Å². The van der Waals surface area contributed by atoms with Crippen LogP contribution in [0.15, 0.2) is 0 Å². The third-order valence-corrected chi connectivity index (χ3v) is 4.15. The first kappa shape index (κ1) is 13.4. The lowest BCUT2D eigenvalue weighted by atomic mass is 9.91. The summed E-state index contributed by atoms with van der Waals surface area (Å²) in [6, 6.07) is -0.577. The standard InChI is InChI=1S/C14H23NO3/c1-14(2,3)7-11(16)15-8-9-5-4-6-10(9)12(15)13(17)18/h9-10,12H,4-8H2,1-3H3,(H,17,18). The molecule has 18 heavy (non-hydrogen) atoms. The first-order chi connectivity index (χ1) is 8.29. The Morgan fingerprint density at radius 1 is 1.28 bits per heavy atom. The van der Waals surface area contributed by atoms with Gasteiger partial charge >= 0.3 is 5.97 Å². The zero-order valence-electron chi connectivity index (χ0n) is 11.5. The maximum Gasteiger partial charge on any atom is 0.326 e. The largest absolute Gasteiger partial charge is 0.480 e. The molecule has 4 heteroatoms. The highest BCUT2D eigenvalue weighted by Gasteiger charge is 2.49. The van der Waals surface area contributed by atoms with Crippen LogP contribution in [-0.4, -0.2) is 34.5 Å². The molecular weight excluding hydrogens is 230 g/mol. The molecule has 1 aliphatic heterocycles. The van der Waals surface area contributed by atoms with Crippen molar-refractivity contribution in [2.75, 3.05) is 6.54 Å². The van der Waals surface area contributed by atoms with Crippen molar-refractivity contribution in [3.05, 3.63) is 0 Å². The van der Waals surface area contributed by atoms with E-state index in [-0.39, 0.29) is 17.2 Å². The van der Waals surface area contributed by atoms with Gasteiger partial charge in [0, 0.05) is 13.0 Å². The average Bonchev–Trinajstić information content (AvgIpc) is 2.70. The Kier molecular flexibility index (Phi) is 3.39. The molecule has 0 aromatic rings. The van der Waals surface area contributed by atoms with Gasteiger partial charge in [-0.25, -0.2) is 4.79 Å². The van der Waals surface area contributed by atoms with Crippen LogP contribution in [0.3, 0.4) is 0 Å². The number of aliphatic carboxylic acids is 1. The van der Waals surface area contributed by atoms with Gasteiger partial charge in [0.1, 0.15) is 6.04 Å². The molecule has 4 nitrogen and oxygen atoms in total. The summed E-state index contributed by atoms with van der Waals surface area (Å²) in [5, 5.41) is 9.38. The molecule has 1 heterocycles. The molecule has 0 bridgehead atoms. The summed E-state index contributed by atoms with van der Waals surface area (Å²) in [7, 11) is 0. The molecule has 0 spiro atoms. The average molecular weight is 253 g/mol. The molecule has 2 aliphatic rings. The van der Waals surface area contributed by atoms with Crippen LogP contribution >= 0.6 is 0 Å². The highest BCUT2D eigenvalue weighted by molar-refractivity contribution is 5.85. The second-order valence-electron chi connectivity index (χ2n) is 6.92. The fourth-order valence-corrected chi connectivity index (χ4v) is 3.43. The minimum atomic E-state index is -0.827. The number of rotatable bonds is 2. The van der Waals surface area contributed by atoms with Crippen molar-refractivity contribution in [3.8, 4) is 0 Å². The Morgan fingerprint density at radius 3 is 2.50 bits per heavy atom. The minimum Gasteiger partial charge on any atom is -0.480 e. The smallest absolute Gasteiger partial charge is 0.326 e. The molecule has 3 atom stereocenters. The van der Waals surface area contributed by atoms with Crippen molar-refractivity contribution >= 4 is 11.9 Å². The summed E-state index contributed by atoms with van der Waals surface area (Å²) in [6.45, 7) is 6.68. The molecule has 0 radical (unpaired) electrons. The van der Waals surface area contributed by atoms with E-state index in [4.69, 9.17) is 0 Å². The fraction of sp³-hybridized carbons (Fsp3) is 0.857. The van der Waals surface area contributed by atoms with Gasteiger partial charge in [-0.05, 0) is 30.1 Å². The van der Waals surface area contributed by atoms with Gasteiger partial charge in [0.15, 0.2) is 0 Å². The second-order valence-corrected chi connectivity index (χ2v) is 6.92. The van der Waals surface area contributed by atoms with E-state index in [1.165, 1.54) is 0 Å². The molecule has 1 amide bonds. The minimum absolute atomic E-state index is 0.00398. The topological polar surface area (TPSA) is 57.6 Å². The molecule has 1 N–H and O–H groups in total. The third kappa shape index (κ3) is 2.52. The van der Waals surface area contributed by atoms with Gasteiger partial charge in [0.25, 0.3) is 0 Å². The van der Waals surface area contributed by atoms with Gasteiger partial charge in [-0.3, -0.25) is 4.79 Å². The predicted molar refractivity (Wildman–Crippen MR) is 68.0 cm³/mol. The molecule has 102 valence electrons. The number of carbonyl (C=O) groups is 2. The van der Waals surface area contributed by atoms with Crippen molar-refractivity contribution in [2.45, 2.75) is 52.5 Å². The molecule has 2 fully saturated rings. The van der Waals surface area contributed by atoms with Crippen LogP contribution < -0.4 is 0 Å². The van der Waals surface area contributed by atoms with E-state index < -0.39 is 12.0 Å². The van der Waals surface area contributed by atoms with Crippen LogP contribution in [0.4, 0.5) is 0 Å². The number of hydrogen-bond donors (Lipinski definition) is 1. The van der Waals surface area contributed by atoms with Gasteiger partial charge in [-0.2, -0.15) is 0 Å². The zero-order chi connectivity index (χ0) is 13.5. The number of carbonyl (C=O) groups excluding carboxylic acids is 1. The van der Waals surface area contributed by atoms with E-state index in [9.17, 15) is 14.7 Å². The highest BCUT2D eigenvalue weighted by atomic mass is 16.4. The summed E-state index contributed by atoms with van der Waals surface area (Å²) in [5.41, 5.74) is -0.0855. The van der Waals surface area contributed by atoms with Gasteiger partial charge in [0.2, 0.25) is 5.91 Å². The molecule has 3 unspecified atom stereocenters. The number of carboxylic acid groups (broad SMARTS) is 1. The summed E-state index contributed by atoms with van der Waals surface area (Å²) in [4.78, 5) is 25.3. The van der Waals surface area contributed by atoms with Crippen molar-refractivity contribution in [3.63, 3.8) is 0 Å². The maximum absolute atomic E-state index is 12.3. The molecule has 2 rings (SSSR count). The van der Waals surface area contributed by atoms with Gasteiger partial charge in [-0.15, -0.1) is 0 Å². The van der Waals surface area contributed by atoms with Crippen molar-refractivity contribution in [2.24, 2.45) is 17.3 Å². The lowest BCUT2D eigenvalue weighted by molar-refractivity contribution is -0.150. The zero-order valence-corrected chi connectivity index (χ0v) is 11.5. The molecule has 1 aliphatic carbocycles. The highest BCUT2D eigenvalue weighted by Crippen LogP contribution is 2.42.